The molecule has 2 aromatic heterocycles. The molecule has 8 nitrogen and oxygen atoms in total. The number of hydrogen-bond acceptors (Lipinski definition) is 7. The van der Waals surface area contributed by atoms with Crippen LogP contribution in [0.3, 0.4) is 0 Å². The maximum Gasteiger partial charge on any atom is 0.328 e. The molecule has 9 heteroatoms. The van der Waals surface area contributed by atoms with Crippen LogP contribution in [0.25, 0.3) is 22.5 Å². The first-order valence-corrected chi connectivity index (χ1v) is 19.3. The fourth-order valence-electron chi connectivity index (χ4n) is 7.82. The zero-order valence-electron chi connectivity index (χ0n) is 31.7. The highest BCUT2D eigenvalue weighted by molar-refractivity contribution is 7.14. The molecule has 2 aliphatic rings. The van der Waals surface area contributed by atoms with Gasteiger partial charge in [-0.25, -0.2) is 14.8 Å². The van der Waals surface area contributed by atoms with E-state index in [0.29, 0.717) is 16.1 Å². The molecule has 2 amide bonds. The van der Waals surface area contributed by atoms with Gasteiger partial charge in [0.25, 0.3) is 5.91 Å². The molecule has 1 unspecified atom stereocenters. The number of nitrogens with zero attached hydrogens (tertiary/aromatic N) is 2. The normalized spacial score (nSPS) is 21.0. The molecule has 2 N–H and O–H groups in total. The highest BCUT2D eigenvalue weighted by atomic mass is 32.1. The van der Waals surface area contributed by atoms with Crippen molar-refractivity contribution in [3.05, 3.63) is 93.9 Å². The lowest BCUT2D eigenvalue weighted by Gasteiger charge is -2.31. The summed E-state index contributed by atoms with van der Waals surface area (Å²) in [5, 5.41) is 5.66. The van der Waals surface area contributed by atoms with Crippen molar-refractivity contribution < 1.29 is 19.1 Å². The second kappa shape index (κ2) is 14.6. The SMILES string of the molecule is CC1C2CCC1(c1ccc(-c3cnc(-c4ccc(C[C@H](NC(=O)c5ccc(C(C)(C)C)s5)C(=O)N[C@H](C)C(=O)OC(C)(C)C)cc4)nc3)cc1)CC2. The van der Waals surface area contributed by atoms with Gasteiger partial charge in [-0.15, -0.1) is 11.3 Å². The number of amides is 2. The van der Waals surface area contributed by atoms with Gasteiger partial charge in [0.05, 0.1) is 4.88 Å². The molecule has 2 bridgehead atoms. The van der Waals surface area contributed by atoms with Crippen LogP contribution in [0.1, 0.15) is 107 Å². The van der Waals surface area contributed by atoms with Crippen molar-refractivity contribution in [3.8, 4) is 22.5 Å². The summed E-state index contributed by atoms with van der Waals surface area (Å²) in [7, 11) is 0. The summed E-state index contributed by atoms with van der Waals surface area (Å²) < 4.78 is 5.46. The van der Waals surface area contributed by atoms with Crippen molar-refractivity contribution in [2.75, 3.05) is 0 Å². The molecule has 0 saturated heterocycles. The lowest BCUT2D eigenvalue weighted by Crippen LogP contribution is -2.52. The number of ether oxygens (including phenoxy) is 1. The van der Waals surface area contributed by atoms with E-state index < -0.39 is 29.6 Å². The van der Waals surface area contributed by atoms with E-state index in [1.54, 1.807) is 33.8 Å². The molecule has 2 aromatic carbocycles. The maximum absolute atomic E-state index is 13.6. The summed E-state index contributed by atoms with van der Waals surface area (Å²) in [4.78, 5) is 50.6. The number of carbonyl (C=O) groups is 3. The molecular formula is C43H52N4O4S. The zero-order chi connectivity index (χ0) is 37.4. The number of aromatic nitrogens is 2. The number of nitrogens with one attached hydrogen (secondary N) is 2. The Morgan fingerprint density at radius 1 is 0.846 bits per heavy atom. The van der Waals surface area contributed by atoms with E-state index in [2.05, 4.69) is 72.6 Å². The Bertz CT molecular complexity index is 1890. The predicted octanol–water partition coefficient (Wildman–Crippen LogP) is 8.43. The molecule has 2 heterocycles. The van der Waals surface area contributed by atoms with E-state index >= 15 is 0 Å². The lowest BCUT2D eigenvalue weighted by molar-refractivity contribution is -0.158. The first-order chi connectivity index (χ1) is 24.5. The predicted molar refractivity (Wildman–Crippen MR) is 207 cm³/mol. The second-order valence-corrected chi connectivity index (χ2v) is 17.8. The van der Waals surface area contributed by atoms with E-state index in [4.69, 9.17) is 4.74 Å². The number of hydrogen-bond donors (Lipinski definition) is 2. The molecule has 3 atom stereocenters. The summed E-state index contributed by atoms with van der Waals surface area (Å²) in [5.41, 5.74) is 4.77. The van der Waals surface area contributed by atoms with Gasteiger partial charge >= 0.3 is 5.97 Å². The van der Waals surface area contributed by atoms with Gasteiger partial charge in [-0.1, -0.05) is 76.2 Å². The Balaban J connectivity index is 1.14. The van der Waals surface area contributed by atoms with Crippen molar-refractivity contribution >= 4 is 29.1 Å². The molecule has 2 saturated carbocycles. The molecule has 0 radical (unpaired) electrons. The van der Waals surface area contributed by atoms with Crippen molar-refractivity contribution in [2.45, 2.75) is 116 Å². The zero-order valence-corrected chi connectivity index (χ0v) is 32.5. The van der Waals surface area contributed by atoms with E-state index in [0.717, 1.165) is 39.0 Å². The fraction of sp³-hybridized carbons (Fsp3) is 0.465. The molecule has 2 aliphatic carbocycles. The third-order valence-corrected chi connectivity index (χ3v) is 12.4. The Morgan fingerprint density at radius 3 is 2.00 bits per heavy atom. The quantitative estimate of drug-likeness (QED) is 0.159. The minimum Gasteiger partial charge on any atom is -0.458 e. The Morgan fingerprint density at radius 2 is 1.46 bits per heavy atom. The van der Waals surface area contributed by atoms with Gasteiger partial charge in [-0.05, 0) is 105 Å². The van der Waals surface area contributed by atoms with E-state index in [1.807, 2.05) is 42.7 Å². The second-order valence-electron chi connectivity index (χ2n) is 16.8. The van der Waals surface area contributed by atoms with Gasteiger partial charge in [-0.2, -0.15) is 0 Å². The van der Waals surface area contributed by atoms with Gasteiger partial charge in [-0.3, -0.25) is 9.59 Å². The number of thiophene rings is 1. The molecule has 2 fully saturated rings. The van der Waals surface area contributed by atoms with Crippen LogP contribution in [0.5, 0.6) is 0 Å². The Kier molecular flexibility index (Phi) is 10.5. The smallest absolute Gasteiger partial charge is 0.328 e. The molecule has 274 valence electrons. The minimum absolute atomic E-state index is 0.104. The number of esters is 1. The van der Waals surface area contributed by atoms with Crippen molar-refractivity contribution in [3.63, 3.8) is 0 Å². The van der Waals surface area contributed by atoms with Crippen LogP contribution in [0.2, 0.25) is 0 Å². The first-order valence-electron chi connectivity index (χ1n) is 18.5. The van der Waals surface area contributed by atoms with E-state index in [1.165, 1.54) is 42.6 Å². The molecule has 4 aromatic rings. The number of rotatable bonds is 10. The van der Waals surface area contributed by atoms with E-state index in [-0.39, 0.29) is 17.7 Å². The van der Waals surface area contributed by atoms with Crippen LogP contribution in [0, 0.1) is 11.8 Å². The first kappa shape index (κ1) is 37.4. The Labute approximate surface area is 312 Å². The molecule has 0 spiro atoms. The van der Waals surface area contributed by atoms with E-state index in [9.17, 15) is 14.4 Å². The minimum atomic E-state index is -0.933. The van der Waals surface area contributed by atoms with Crippen molar-refractivity contribution in [1.29, 1.82) is 0 Å². The summed E-state index contributed by atoms with van der Waals surface area (Å²) >= 11 is 1.41. The van der Waals surface area contributed by atoms with Crippen LogP contribution in [0.15, 0.2) is 73.1 Å². The van der Waals surface area contributed by atoms with Gasteiger partial charge in [0.2, 0.25) is 5.91 Å². The monoisotopic (exact) mass is 720 g/mol. The standard InChI is InChI=1S/C43H52N4O4S/c1-26-29-19-21-43(26,22-20-29)33-15-13-30(14-16-33)32-24-44-37(45-25-32)31-11-9-28(10-12-31)23-34(38(48)46-27(2)40(50)51-42(6,7)8)47-39(49)35-17-18-36(52-35)41(3,4)5/h9-18,24-27,29,34H,19-23H2,1-8H3,(H,46,48)(H,47,49)/t26?,27-,29?,34+,43?/m1/s1. The maximum atomic E-state index is 13.6. The van der Waals surface area contributed by atoms with Crippen LogP contribution in [-0.2, 0) is 31.6 Å². The van der Waals surface area contributed by atoms with Gasteiger partial charge in [0, 0.05) is 34.8 Å². The number of carbonyl (C=O) groups excluding carboxylic acids is 3. The largest absolute Gasteiger partial charge is 0.458 e. The summed E-state index contributed by atoms with van der Waals surface area (Å²) in [6.07, 6.45) is 9.27. The van der Waals surface area contributed by atoms with Crippen LogP contribution in [0.4, 0.5) is 0 Å². The summed E-state index contributed by atoms with van der Waals surface area (Å²) in [5.74, 6) is 0.885. The molecule has 52 heavy (non-hydrogen) atoms. The van der Waals surface area contributed by atoms with Gasteiger partial charge in [0.1, 0.15) is 17.7 Å². The molecule has 0 aliphatic heterocycles. The number of fused-ring (bicyclic) bond motifs is 2. The summed E-state index contributed by atoms with van der Waals surface area (Å²) in [6.45, 7) is 15.6. The van der Waals surface area contributed by atoms with Crippen LogP contribution < -0.4 is 10.6 Å². The van der Waals surface area contributed by atoms with Gasteiger partial charge in [0.15, 0.2) is 5.82 Å². The Hall–Kier alpha value is -4.37. The molecule has 6 rings (SSSR count). The lowest BCUT2D eigenvalue weighted by atomic mass is 9.73. The highest BCUT2D eigenvalue weighted by Crippen LogP contribution is 2.59. The average Bonchev–Trinajstić information content (AvgIpc) is 3.82. The van der Waals surface area contributed by atoms with Gasteiger partial charge < -0.3 is 15.4 Å². The van der Waals surface area contributed by atoms with Crippen LogP contribution in [-0.4, -0.2) is 45.4 Å². The van der Waals surface area contributed by atoms with Crippen molar-refractivity contribution in [1.82, 2.24) is 20.6 Å². The van der Waals surface area contributed by atoms with Crippen molar-refractivity contribution in [2.24, 2.45) is 11.8 Å². The molecular weight excluding hydrogens is 669 g/mol. The fourth-order valence-corrected chi connectivity index (χ4v) is 8.79. The average molecular weight is 721 g/mol. The number of benzene rings is 2. The summed E-state index contributed by atoms with van der Waals surface area (Å²) in [6, 6.07) is 18.6. The topological polar surface area (TPSA) is 110 Å². The highest BCUT2D eigenvalue weighted by Gasteiger charge is 2.51. The van der Waals surface area contributed by atoms with Crippen LogP contribution >= 0.6 is 11.3 Å². The third-order valence-electron chi connectivity index (χ3n) is 10.9. The third kappa shape index (κ3) is 8.15.